The van der Waals surface area contributed by atoms with E-state index in [1.807, 2.05) is 60.7 Å². The standard InChI is InChI=1S/C40H34N2O2/c1-41-27-29-21-32(26-35(23-29)43-33-13-5-3-6-14-33)38-18-10-12-20-40(38)42(2)28-30-22-31(37-17-9-11-19-39(37)41)25-36(24-30)44-34-15-7-4-8-16-34/h3-26H,27-28H2,1-2H3. The molecule has 44 heavy (non-hydrogen) atoms. The molecule has 4 heteroatoms. The van der Waals surface area contributed by atoms with Crippen LogP contribution in [0.4, 0.5) is 11.4 Å². The van der Waals surface area contributed by atoms with Gasteiger partial charge in [0, 0.05) is 49.7 Å². The highest BCUT2D eigenvalue weighted by Crippen LogP contribution is 2.39. The molecule has 0 unspecified atom stereocenters. The van der Waals surface area contributed by atoms with E-state index in [2.05, 4.69) is 109 Å². The van der Waals surface area contributed by atoms with Gasteiger partial charge in [0.25, 0.3) is 0 Å². The van der Waals surface area contributed by atoms with Crippen LogP contribution in [0.2, 0.25) is 0 Å². The van der Waals surface area contributed by atoms with E-state index in [1.165, 1.54) is 11.1 Å². The maximum atomic E-state index is 6.40. The van der Waals surface area contributed by atoms with E-state index in [9.17, 15) is 0 Å². The number of fused-ring (bicyclic) bond motifs is 8. The average Bonchev–Trinajstić information content (AvgIpc) is 3.05. The minimum Gasteiger partial charge on any atom is -0.457 e. The number of hydrogen-bond acceptors (Lipinski definition) is 4. The molecule has 6 aromatic rings. The highest BCUT2D eigenvalue weighted by molar-refractivity contribution is 5.82. The van der Waals surface area contributed by atoms with E-state index in [-0.39, 0.29) is 0 Å². The SMILES string of the molecule is CN1Cc2cc(Oc3ccccc3)cc(c2)-c2ccccc2N(C)Cc2cc(Oc3ccccc3)cc(c2)-c2ccccc21. The zero-order valence-electron chi connectivity index (χ0n) is 25.0. The van der Waals surface area contributed by atoms with Gasteiger partial charge in [0.05, 0.1) is 0 Å². The number of anilines is 2. The van der Waals surface area contributed by atoms with Crippen molar-refractivity contribution in [2.24, 2.45) is 0 Å². The summed E-state index contributed by atoms with van der Waals surface area (Å²) in [4.78, 5) is 4.63. The molecule has 0 saturated carbocycles. The van der Waals surface area contributed by atoms with Gasteiger partial charge in [-0.2, -0.15) is 0 Å². The van der Waals surface area contributed by atoms with Crippen molar-refractivity contribution in [3.63, 3.8) is 0 Å². The Hall–Kier alpha value is -5.48. The molecule has 7 rings (SSSR count). The Labute approximate surface area is 259 Å². The molecule has 0 atom stereocenters. The number of para-hydroxylation sites is 4. The van der Waals surface area contributed by atoms with Gasteiger partial charge in [-0.1, -0.05) is 72.8 Å². The van der Waals surface area contributed by atoms with Crippen LogP contribution >= 0.6 is 0 Å². The van der Waals surface area contributed by atoms with Crippen LogP contribution in [0, 0.1) is 0 Å². The van der Waals surface area contributed by atoms with Crippen LogP contribution in [-0.2, 0) is 13.1 Å². The fourth-order valence-electron chi connectivity index (χ4n) is 6.00. The van der Waals surface area contributed by atoms with Crippen molar-refractivity contribution in [2.75, 3.05) is 23.9 Å². The molecule has 0 amide bonds. The Morgan fingerprint density at radius 3 is 1.23 bits per heavy atom. The molecule has 6 aromatic carbocycles. The van der Waals surface area contributed by atoms with Crippen molar-refractivity contribution in [1.82, 2.24) is 0 Å². The topological polar surface area (TPSA) is 24.9 Å². The van der Waals surface area contributed by atoms with E-state index < -0.39 is 0 Å². The minimum absolute atomic E-state index is 0.709. The lowest BCUT2D eigenvalue weighted by Crippen LogP contribution is -2.19. The Morgan fingerprint density at radius 1 is 0.409 bits per heavy atom. The van der Waals surface area contributed by atoms with Crippen LogP contribution in [0.5, 0.6) is 23.0 Å². The first-order valence-corrected chi connectivity index (χ1v) is 14.9. The molecule has 0 radical (unpaired) electrons. The number of hydrogen-bond donors (Lipinski definition) is 0. The Kier molecular flexibility index (Phi) is 7.47. The first-order valence-electron chi connectivity index (χ1n) is 14.9. The summed E-state index contributed by atoms with van der Waals surface area (Å²) in [5, 5.41) is 0. The van der Waals surface area contributed by atoms with Crippen LogP contribution in [0.1, 0.15) is 11.1 Å². The van der Waals surface area contributed by atoms with Gasteiger partial charge >= 0.3 is 0 Å². The summed E-state index contributed by atoms with van der Waals surface area (Å²) in [6.45, 7) is 1.42. The highest BCUT2D eigenvalue weighted by atomic mass is 16.5. The number of ether oxygens (including phenoxy) is 2. The second-order valence-electron chi connectivity index (χ2n) is 11.3. The number of rotatable bonds is 4. The third kappa shape index (κ3) is 5.88. The predicted octanol–water partition coefficient (Wildman–Crippen LogP) is 10.2. The van der Waals surface area contributed by atoms with Crippen molar-refractivity contribution in [3.8, 4) is 45.3 Å². The summed E-state index contributed by atoms with van der Waals surface area (Å²) in [5.41, 5.74) is 9.20. The van der Waals surface area contributed by atoms with Gasteiger partial charge in [-0.05, 0) is 95.1 Å². The van der Waals surface area contributed by atoms with Crippen LogP contribution in [0.3, 0.4) is 0 Å². The lowest BCUT2D eigenvalue weighted by Gasteiger charge is -2.27. The number of nitrogens with zero attached hydrogens (tertiary/aromatic N) is 2. The monoisotopic (exact) mass is 574 g/mol. The molecule has 4 bridgehead atoms. The average molecular weight is 575 g/mol. The third-order valence-electron chi connectivity index (χ3n) is 7.98. The minimum atomic E-state index is 0.709. The molecule has 1 heterocycles. The lowest BCUT2D eigenvalue weighted by atomic mass is 9.97. The van der Waals surface area contributed by atoms with Crippen LogP contribution in [-0.4, -0.2) is 14.1 Å². The molecule has 1 aliphatic rings. The van der Waals surface area contributed by atoms with Gasteiger partial charge in [0.15, 0.2) is 0 Å². The number of benzene rings is 6. The van der Waals surface area contributed by atoms with Gasteiger partial charge in [-0.15, -0.1) is 0 Å². The van der Waals surface area contributed by atoms with E-state index in [4.69, 9.17) is 9.47 Å². The zero-order valence-corrected chi connectivity index (χ0v) is 25.0. The summed E-state index contributed by atoms with van der Waals surface area (Å²) in [6, 6.07) is 50.4. The second kappa shape index (κ2) is 12.0. The first-order chi connectivity index (χ1) is 21.6. The van der Waals surface area contributed by atoms with Gasteiger partial charge in [0.1, 0.15) is 23.0 Å². The van der Waals surface area contributed by atoms with E-state index in [1.54, 1.807) is 0 Å². The fourth-order valence-corrected chi connectivity index (χ4v) is 6.00. The quantitative estimate of drug-likeness (QED) is 0.209. The van der Waals surface area contributed by atoms with Crippen molar-refractivity contribution in [2.45, 2.75) is 13.1 Å². The fraction of sp³-hybridized carbons (Fsp3) is 0.100. The van der Waals surface area contributed by atoms with E-state index in [0.717, 1.165) is 56.6 Å². The molecule has 0 N–H and O–H groups in total. The van der Waals surface area contributed by atoms with Crippen LogP contribution < -0.4 is 19.3 Å². The molecule has 0 fully saturated rings. The molecule has 0 aromatic heterocycles. The van der Waals surface area contributed by atoms with Crippen LogP contribution in [0.25, 0.3) is 22.3 Å². The van der Waals surface area contributed by atoms with Crippen LogP contribution in [0.15, 0.2) is 146 Å². The Balaban J connectivity index is 1.38. The summed E-state index contributed by atoms with van der Waals surface area (Å²) < 4.78 is 12.8. The summed E-state index contributed by atoms with van der Waals surface area (Å²) in [7, 11) is 4.31. The largest absolute Gasteiger partial charge is 0.457 e. The normalized spacial score (nSPS) is 12.5. The third-order valence-corrected chi connectivity index (χ3v) is 7.98. The smallest absolute Gasteiger partial charge is 0.128 e. The first kappa shape index (κ1) is 27.4. The maximum Gasteiger partial charge on any atom is 0.128 e. The summed E-state index contributed by atoms with van der Waals surface area (Å²) in [6.07, 6.45) is 0. The Morgan fingerprint density at radius 2 is 0.795 bits per heavy atom. The molecule has 4 nitrogen and oxygen atoms in total. The summed E-state index contributed by atoms with van der Waals surface area (Å²) >= 11 is 0. The maximum absolute atomic E-state index is 6.40. The molecular formula is C40H34N2O2. The highest BCUT2D eigenvalue weighted by Gasteiger charge is 2.18. The Bertz CT molecular complexity index is 1760. The second-order valence-corrected chi connectivity index (χ2v) is 11.3. The van der Waals surface area contributed by atoms with Crippen molar-refractivity contribution >= 4 is 11.4 Å². The van der Waals surface area contributed by atoms with Crippen molar-refractivity contribution < 1.29 is 9.47 Å². The van der Waals surface area contributed by atoms with Gasteiger partial charge in [0.2, 0.25) is 0 Å². The van der Waals surface area contributed by atoms with E-state index >= 15 is 0 Å². The van der Waals surface area contributed by atoms with Gasteiger partial charge < -0.3 is 19.3 Å². The lowest BCUT2D eigenvalue weighted by molar-refractivity contribution is 0.482. The molecule has 216 valence electrons. The molecular weight excluding hydrogens is 540 g/mol. The van der Waals surface area contributed by atoms with Gasteiger partial charge in [-0.3, -0.25) is 0 Å². The predicted molar refractivity (Wildman–Crippen MR) is 181 cm³/mol. The summed E-state index contributed by atoms with van der Waals surface area (Å²) in [5.74, 6) is 3.29. The molecule has 0 spiro atoms. The van der Waals surface area contributed by atoms with E-state index in [0.29, 0.717) is 13.1 Å². The van der Waals surface area contributed by atoms with Crippen molar-refractivity contribution in [1.29, 1.82) is 0 Å². The molecule has 1 aliphatic heterocycles. The van der Waals surface area contributed by atoms with Crippen molar-refractivity contribution in [3.05, 3.63) is 157 Å². The van der Waals surface area contributed by atoms with Gasteiger partial charge in [-0.25, -0.2) is 0 Å². The molecule has 0 saturated heterocycles. The zero-order chi connectivity index (χ0) is 29.9. The molecule has 0 aliphatic carbocycles.